The number of benzene rings is 1. The average molecular weight is 367 g/mol. The van der Waals surface area contributed by atoms with Gasteiger partial charge in [0.1, 0.15) is 0 Å². The summed E-state index contributed by atoms with van der Waals surface area (Å²) in [6, 6.07) is 14.9. The van der Waals surface area contributed by atoms with Crippen molar-refractivity contribution in [1.29, 1.82) is 0 Å². The molecule has 5 nitrogen and oxygen atoms in total. The van der Waals surface area contributed by atoms with Crippen LogP contribution in [0, 0.1) is 0 Å². The maximum atomic E-state index is 10.6. The molecule has 0 radical (unpaired) electrons. The third kappa shape index (κ3) is 3.52. The minimum absolute atomic E-state index is 0.000732. The van der Waals surface area contributed by atoms with Crippen LogP contribution in [0.1, 0.15) is 36.8 Å². The zero-order chi connectivity index (χ0) is 18.9. The van der Waals surface area contributed by atoms with E-state index in [1.807, 2.05) is 24.5 Å². The zero-order valence-electron chi connectivity index (χ0n) is 16.3. The van der Waals surface area contributed by atoms with Crippen molar-refractivity contribution < 1.29 is 5.11 Å². The molecule has 5 heteroatoms. The SMILES string of the molecule is CN(C)C1(c2ccccc2)CCC2(CC1)CN(Cc1ccncc1)C(O)N2. The molecular formula is C22H30N4O. The molecule has 1 atom stereocenters. The number of hydrogen-bond donors (Lipinski definition) is 2. The van der Waals surface area contributed by atoms with Crippen molar-refractivity contribution in [2.45, 2.75) is 49.7 Å². The molecule has 2 aromatic rings. The average Bonchev–Trinajstić information content (AvgIpc) is 2.99. The number of rotatable bonds is 4. The van der Waals surface area contributed by atoms with Crippen LogP contribution >= 0.6 is 0 Å². The first kappa shape index (κ1) is 18.6. The number of aliphatic hydroxyl groups excluding tert-OH is 1. The van der Waals surface area contributed by atoms with Gasteiger partial charge >= 0.3 is 0 Å². The molecule has 2 N–H and O–H groups in total. The lowest BCUT2D eigenvalue weighted by Crippen LogP contribution is -2.54. The summed E-state index contributed by atoms with van der Waals surface area (Å²) in [4.78, 5) is 8.61. The molecule has 2 heterocycles. The van der Waals surface area contributed by atoms with Crippen LogP contribution in [0.3, 0.4) is 0 Å². The number of aliphatic hydroxyl groups is 1. The minimum atomic E-state index is -0.582. The van der Waals surface area contributed by atoms with Crippen LogP contribution in [0.15, 0.2) is 54.9 Å². The summed E-state index contributed by atoms with van der Waals surface area (Å²) in [7, 11) is 4.38. The monoisotopic (exact) mass is 366 g/mol. The predicted octanol–water partition coefficient (Wildman–Crippen LogP) is 2.53. The van der Waals surface area contributed by atoms with Crippen molar-refractivity contribution in [3.63, 3.8) is 0 Å². The van der Waals surface area contributed by atoms with Crippen molar-refractivity contribution in [1.82, 2.24) is 20.1 Å². The van der Waals surface area contributed by atoms with Crippen molar-refractivity contribution >= 4 is 0 Å². The van der Waals surface area contributed by atoms with Crippen molar-refractivity contribution in [3.8, 4) is 0 Å². The molecule has 1 saturated carbocycles. The molecule has 2 fully saturated rings. The molecule has 1 unspecified atom stereocenters. The van der Waals surface area contributed by atoms with Crippen LogP contribution in [0.4, 0.5) is 0 Å². The number of hydrogen-bond acceptors (Lipinski definition) is 5. The van der Waals surface area contributed by atoms with E-state index < -0.39 is 6.35 Å². The second-order valence-electron chi connectivity index (χ2n) is 8.35. The third-order valence-electron chi connectivity index (χ3n) is 6.62. The highest BCUT2D eigenvalue weighted by Gasteiger charge is 2.49. The fraction of sp³-hybridized carbons (Fsp3) is 0.500. The van der Waals surface area contributed by atoms with E-state index in [1.54, 1.807) is 0 Å². The summed E-state index contributed by atoms with van der Waals surface area (Å²) in [6.07, 6.45) is 7.34. The zero-order valence-corrected chi connectivity index (χ0v) is 16.3. The molecule has 0 bridgehead atoms. The topological polar surface area (TPSA) is 51.6 Å². The molecule has 1 aromatic carbocycles. The van der Waals surface area contributed by atoms with E-state index in [4.69, 9.17) is 0 Å². The third-order valence-corrected chi connectivity index (χ3v) is 6.62. The molecule has 144 valence electrons. The van der Waals surface area contributed by atoms with Gasteiger partial charge in [-0.2, -0.15) is 0 Å². The first-order valence-electron chi connectivity index (χ1n) is 9.85. The largest absolute Gasteiger partial charge is 0.365 e. The first-order valence-corrected chi connectivity index (χ1v) is 9.85. The predicted molar refractivity (Wildman–Crippen MR) is 107 cm³/mol. The van der Waals surface area contributed by atoms with Crippen LogP contribution in [0.25, 0.3) is 0 Å². The summed E-state index contributed by atoms with van der Waals surface area (Å²) in [5, 5.41) is 14.1. The van der Waals surface area contributed by atoms with Gasteiger partial charge in [-0.1, -0.05) is 30.3 Å². The number of nitrogens with one attached hydrogen (secondary N) is 1. The molecule has 1 aromatic heterocycles. The van der Waals surface area contributed by atoms with Gasteiger partial charge in [0.05, 0.1) is 0 Å². The summed E-state index contributed by atoms with van der Waals surface area (Å²) < 4.78 is 0. The lowest BCUT2D eigenvalue weighted by Gasteiger charge is -2.49. The van der Waals surface area contributed by atoms with Gasteiger partial charge in [0.25, 0.3) is 0 Å². The van der Waals surface area contributed by atoms with E-state index in [9.17, 15) is 5.11 Å². The lowest BCUT2D eigenvalue weighted by molar-refractivity contribution is 0.0126. The lowest BCUT2D eigenvalue weighted by atomic mass is 9.69. The van der Waals surface area contributed by atoms with E-state index >= 15 is 0 Å². The second kappa shape index (κ2) is 7.32. The van der Waals surface area contributed by atoms with Gasteiger partial charge in [0.15, 0.2) is 6.35 Å². The number of pyridine rings is 1. The Morgan fingerprint density at radius 2 is 1.74 bits per heavy atom. The Morgan fingerprint density at radius 1 is 1.07 bits per heavy atom. The van der Waals surface area contributed by atoms with Gasteiger partial charge in [-0.3, -0.25) is 20.1 Å². The van der Waals surface area contributed by atoms with Crippen LogP contribution < -0.4 is 5.32 Å². The normalized spacial score (nSPS) is 31.6. The molecule has 27 heavy (non-hydrogen) atoms. The van der Waals surface area contributed by atoms with Crippen LogP contribution in [0.2, 0.25) is 0 Å². The Balaban J connectivity index is 1.48. The van der Waals surface area contributed by atoms with E-state index in [0.717, 1.165) is 38.8 Å². The highest BCUT2D eigenvalue weighted by atomic mass is 16.3. The summed E-state index contributed by atoms with van der Waals surface area (Å²) >= 11 is 0. The Bertz CT molecular complexity index is 741. The van der Waals surface area contributed by atoms with Gasteiger partial charge < -0.3 is 5.11 Å². The summed E-state index contributed by atoms with van der Waals surface area (Å²) in [5.41, 5.74) is 2.67. The van der Waals surface area contributed by atoms with Gasteiger partial charge in [0, 0.05) is 36.6 Å². The minimum Gasteiger partial charge on any atom is -0.365 e. The quantitative estimate of drug-likeness (QED) is 0.871. The fourth-order valence-electron chi connectivity index (χ4n) is 4.94. The Kier molecular flexibility index (Phi) is 5.03. The van der Waals surface area contributed by atoms with Crippen LogP contribution in [0.5, 0.6) is 0 Å². The number of aromatic nitrogens is 1. The maximum absolute atomic E-state index is 10.6. The molecule has 4 rings (SSSR count). The molecule has 1 spiro atoms. The highest BCUT2D eigenvalue weighted by Crippen LogP contribution is 2.46. The van der Waals surface area contributed by atoms with Gasteiger partial charge in [0.2, 0.25) is 0 Å². The van der Waals surface area contributed by atoms with Gasteiger partial charge in [-0.15, -0.1) is 0 Å². The van der Waals surface area contributed by atoms with Crippen molar-refractivity contribution in [3.05, 3.63) is 66.0 Å². The van der Waals surface area contributed by atoms with Crippen molar-refractivity contribution in [2.24, 2.45) is 0 Å². The number of nitrogens with zero attached hydrogens (tertiary/aromatic N) is 3. The molecule has 1 aliphatic heterocycles. The van der Waals surface area contributed by atoms with Gasteiger partial charge in [-0.05, 0) is 63.0 Å². The molecule has 0 amide bonds. The standard InChI is InChI=1S/C22H30N4O/c1-25(2)22(19-6-4-3-5-7-19)12-10-21(11-13-22)17-26(20(27)24-21)16-18-8-14-23-15-9-18/h3-9,14-15,20,24,27H,10-13,16-17H2,1-2H3. The molecule has 1 saturated heterocycles. The summed E-state index contributed by atoms with van der Waals surface area (Å²) in [6.45, 7) is 1.63. The van der Waals surface area contributed by atoms with Crippen LogP contribution in [-0.2, 0) is 12.1 Å². The molecule has 1 aliphatic carbocycles. The molecular weight excluding hydrogens is 336 g/mol. The van der Waals surface area contributed by atoms with E-state index in [0.29, 0.717) is 0 Å². The smallest absolute Gasteiger partial charge is 0.163 e. The summed E-state index contributed by atoms with van der Waals surface area (Å²) in [5.74, 6) is 0. The van der Waals surface area contributed by atoms with E-state index in [-0.39, 0.29) is 11.1 Å². The highest BCUT2D eigenvalue weighted by molar-refractivity contribution is 5.26. The van der Waals surface area contributed by atoms with Crippen LogP contribution in [-0.4, -0.2) is 52.4 Å². The van der Waals surface area contributed by atoms with Gasteiger partial charge in [-0.25, -0.2) is 0 Å². The first-order chi connectivity index (χ1) is 13.0. The van der Waals surface area contributed by atoms with E-state index in [1.165, 1.54) is 11.1 Å². The second-order valence-corrected chi connectivity index (χ2v) is 8.35. The Labute approximate surface area is 162 Å². The van der Waals surface area contributed by atoms with E-state index in [2.05, 4.69) is 64.5 Å². The maximum Gasteiger partial charge on any atom is 0.163 e. The molecule has 2 aliphatic rings. The Morgan fingerprint density at radius 3 is 2.37 bits per heavy atom. The fourth-order valence-corrected chi connectivity index (χ4v) is 4.94. The Hall–Kier alpha value is -1.79. The van der Waals surface area contributed by atoms with Crippen molar-refractivity contribution in [2.75, 3.05) is 20.6 Å².